The standard InChI is InChI=1S/C12H23NO6S/c1-20(18,19)6-2-4-12(16,17)8-9-3-5-13-10(7-9)11(14)15/h9-10,13,16-17H,2-8H2,1H3,(H,14,15). The monoisotopic (exact) mass is 309 g/mol. The summed E-state index contributed by atoms with van der Waals surface area (Å²) in [5, 5.41) is 31.5. The molecule has 0 aliphatic carbocycles. The first-order chi connectivity index (χ1) is 9.09. The van der Waals surface area contributed by atoms with Gasteiger partial charge in [-0.25, -0.2) is 8.42 Å². The van der Waals surface area contributed by atoms with Crippen LogP contribution >= 0.6 is 0 Å². The quantitative estimate of drug-likeness (QED) is 0.460. The Kier molecular flexibility index (Phi) is 5.93. The average molecular weight is 309 g/mol. The van der Waals surface area contributed by atoms with E-state index in [0.717, 1.165) is 6.26 Å². The van der Waals surface area contributed by atoms with Crippen molar-refractivity contribution in [1.82, 2.24) is 5.32 Å². The molecule has 0 saturated carbocycles. The van der Waals surface area contributed by atoms with Crippen molar-refractivity contribution in [1.29, 1.82) is 0 Å². The minimum absolute atomic E-state index is 0.0261. The number of sulfone groups is 1. The number of carboxylic acids is 1. The van der Waals surface area contributed by atoms with Crippen LogP contribution < -0.4 is 5.32 Å². The second kappa shape index (κ2) is 6.84. The molecule has 0 radical (unpaired) electrons. The lowest BCUT2D eigenvalue weighted by Gasteiger charge is -2.32. The summed E-state index contributed by atoms with van der Waals surface area (Å²) in [6.07, 6.45) is 2.36. The highest BCUT2D eigenvalue weighted by atomic mass is 32.2. The van der Waals surface area contributed by atoms with Crippen molar-refractivity contribution in [2.45, 2.75) is 43.9 Å². The fourth-order valence-corrected chi connectivity index (χ4v) is 3.22. The van der Waals surface area contributed by atoms with Crippen LogP contribution in [0.3, 0.4) is 0 Å². The zero-order chi connectivity index (χ0) is 15.4. The molecular weight excluding hydrogens is 286 g/mol. The van der Waals surface area contributed by atoms with Gasteiger partial charge in [-0.2, -0.15) is 0 Å². The zero-order valence-electron chi connectivity index (χ0n) is 11.6. The Morgan fingerprint density at radius 3 is 2.60 bits per heavy atom. The molecule has 0 aromatic carbocycles. The molecule has 2 atom stereocenters. The van der Waals surface area contributed by atoms with E-state index in [1.54, 1.807) is 0 Å². The molecule has 0 spiro atoms. The number of rotatable bonds is 7. The first-order valence-corrected chi connectivity index (χ1v) is 8.74. The second-order valence-electron chi connectivity index (χ2n) is 5.66. The van der Waals surface area contributed by atoms with Crippen molar-refractivity contribution in [2.24, 2.45) is 5.92 Å². The van der Waals surface area contributed by atoms with E-state index in [1.165, 1.54) is 0 Å². The van der Waals surface area contributed by atoms with Gasteiger partial charge in [0.1, 0.15) is 15.9 Å². The summed E-state index contributed by atoms with van der Waals surface area (Å²) >= 11 is 0. The lowest BCUT2D eigenvalue weighted by molar-refractivity contribution is -0.181. The van der Waals surface area contributed by atoms with E-state index in [0.29, 0.717) is 19.4 Å². The summed E-state index contributed by atoms with van der Waals surface area (Å²) in [5.74, 6) is -3.05. The predicted molar refractivity (Wildman–Crippen MR) is 72.9 cm³/mol. The number of carboxylic acid groups (broad SMARTS) is 1. The molecule has 20 heavy (non-hydrogen) atoms. The van der Waals surface area contributed by atoms with Crippen molar-refractivity contribution < 1.29 is 28.5 Å². The van der Waals surface area contributed by atoms with E-state index in [9.17, 15) is 23.4 Å². The Morgan fingerprint density at radius 2 is 2.05 bits per heavy atom. The van der Waals surface area contributed by atoms with Gasteiger partial charge in [-0.3, -0.25) is 4.79 Å². The average Bonchev–Trinajstić information content (AvgIpc) is 2.26. The van der Waals surface area contributed by atoms with Crippen LogP contribution in [-0.2, 0) is 14.6 Å². The van der Waals surface area contributed by atoms with Crippen LogP contribution in [0.25, 0.3) is 0 Å². The molecule has 1 saturated heterocycles. The summed E-state index contributed by atoms with van der Waals surface area (Å²) in [4.78, 5) is 10.9. The SMILES string of the molecule is CS(=O)(=O)CCCC(O)(O)CC1CCNC(C(=O)O)C1. The molecule has 7 nitrogen and oxygen atoms in total. The molecule has 1 aliphatic rings. The molecule has 0 bridgehead atoms. The smallest absolute Gasteiger partial charge is 0.320 e. The van der Waals surface area contributed by atoms with Crippen LogP contribution in [0.4, 0.5) is 0 Å². The van der Waals surface area contributed by atoms with Crippen LogP contribution in [0.1, 0.15) is 32.1 Å². The number of piperidine rings is 1. The lowest BCUT2D eigenvalue weighted by Crippen LogP contribution is -2.45. The fraction of sp³-hybridized carbons (Fsp3) is 0.917. The molecule has 1 heterocycles. The number of aliphatic hydroxyl groups is 2. The van der Waals surface area contributed by atoms with Gasteiger partial charge in [-0.1, -0.05) is 0 Å². The van der Waals surface area contributed by atoms with Gasteiger partial charge in [-0.15, -0.1) is 0 Å². The van der Waals surface area contributed by atoms with Crippen LogP contribution in [-0.4, -0.2) is 60.1 Å². The molecule has 4 N–H and O–H groups in total. The molecule has 8 heteroatoms. The molecule has 1 fully saturated rings. The normalized spacial score (nSPS) is 24.6. The Labute approximate surface area is 118 Å². The number of nitrogens with one attached hydrogen (secondary N) is 1. The van der Waals surface area contributed by atoms with Gasteiger partial charge in [-0.05, 0) is 31.7 Å². The summed E-state index contributed by atoms with van der Waals surface area (Å²) in [6, 6.07) is -0.652. The van der Waals surface area contributed by atoms with Crippen LogP contribution in [0, 0.1) is 5.92 Å². The zero-order valence-corrected chi connectivity index (χ0v) is 12.4. The number of carbonyl (C=O) groups is 1. The summed E-state index contributed by atoms with van der Waals surface area (Å²) < 4.78 is 22.0. The topological polar surface area (TPSA) is 124 Å². The molecule has 1 aliphatic heterocycles. The minimum atomic E-state index is -3.11. The molecular formula is C12H23NO6S. The maximum atomic E-state index is 11.0. The summed E-state index contributed by atoms with van der Waals surface area (Å²) in [5.41, 5.74) is 0. The van der Waals surface area contributed by atoms with E-state index in [4.69, 9.17) is 5.11 Å². The van der Waals surface area contributed by atoms with E-state index in [-0.39, 0.29) is 30.9 Å². The maximum Gasteiger partial charge on any atom is 0.320 e. The van der Waals surface area contributed by atoms with Crippen molar-refractivity contribution in [3.8, 4) is 0 Å². The largest absolute Gasteiger partial charge is 0.480 e. The lowest BCUT2D eigenvalue weighted by atomic mass is 9.85. The molecule has 0 aromatic heterocycles. The third kappa shape index (κ3) is 6.65. The van der Waals surface area contributed by atoms with Gasteiger partial charge >= 0.3 is 5.97 Å². The van der Waals surface area contributed by atoms with Gasteiger partial charge in [0.15, 0.2) is 5.79 Å². The van der Waals surface area contributed by atoms with Crippen LogP contribution in [0.5, 0.6) is 0 Å². The highest BCUT2D eigenvalue weighted by molar-refractivity contribution is 7.90. The maximum absolute atomic E-state index is 11.0. The van der Waals surface area contributed by atoms with Crippen LogP contribution in [0.15, 0.2) is 0 Å². The van der Waals surface area contributed by atoms with Gasteiger partial charge in [0.2, 0.25) is 0 Å². The Balaban J connectivity index is 2.42. The Hall–Kier alpha value is -0.700. The van der Waals surface area contributed by atoms with Crippen molar-refractivity contribution >= 4 is 15.8 Å². The third-order valence-corrected chi connectivity index (χ3v) is 4.55. The fourth-order valence-electron chi connectivity index (χ4n) is 2.55. The summed E-state index contributed by atoms with van der Waals surface area (Å²) in [6.45, 7) is 0.529. The Morgan fingerprint density at radius 1 is 1.40 bits per heavy atom. The van der Waals surface area contributed by atoms with Crippen molar-refractivity contribution in [3.63, 3.8) is 0 Å². The van der Waals surface area contributed by atoms with E-state index in [1.807, 2.05) is 0 Å². The number of hydrogen-bond acceptors (Lipinski definition) is 6. The van der Waals surface area contributed by atoms with Gasteiger partial charge in [0.05, 0.1) is 5.75 Å². The molecule has 0 aromatic rings. The predicted octanol–water partition coefficient (Wildman–Crippen LogP) is -0.665. The van der Waals surface area contributed by atoms with E-state index < -0.39 is 27.6 Å². The van der Waals surface area contributed by atoms with Crippen molar-refractivity contribution in [3.05, 3.63) is 0 Å². The molecule has 1 rings (SSSR count). The number of hydrogen-bond donors (Lipinski definition) is 4. The minimum Gasteiger partial charge on any atom is -0.480 e. The molecule has 0 amide bonds. The van der Waals surface area contributed by atoms with Gasteiger partial charge < -0.3 is 20.6 Å². The van der Waals surface area contributed by atoms with E-state index in [2.05, 4.69) is 5.32 Å². The highest BCUT2D eigenvalue weighted by Crippen LogP contribution is 2.27. The molecule has 118 valence electrons. The first-order valence-electron chi connectivity index (χ1n) is 6.68. The van der Waals surface area contributed by atoms with E-state index >= 15 is 0 Å². The Bertz CT molecular complexity index is 433. The third-order valence-electron chi connectivity index (χ3n) is 3.52. The second-order valence-corrected chi connectivity index (χ2v) is 7.92. The first kappa shape index (κ1) is 17.4. The van der Waals surface area contributed by atoms with Crippen LogP contribution in [0.2, 0.25) is 0 Å². The van der Waals surface area contributed by atoms with Crippen molar-refractivity contribution in [2.75, 3.05) is 18.6 Å². The highest BCUT2D eigenvalue weighted by Gasteiger charge is 2.33. The number of aliphatic carboxylic acids is 1. The molecule has 2 unspecified atom stereocenters. The summed E-state index contributed by atoms with van der Waals surface area (Å²) in [7, 11) is -3.11. The van der Waals surface area contributed by atoms with Gasteiger partial charge in [0.25, 0.3) is 0 Å². The van der Waals surface area contributed by atoms with Gasteiger partial charge in [0, 0.05) is 19.1 Å².